The number of pyridine rings is 2. The Labute approximate surface area is 336 Å². The second kappa shape index (κ2) is 12.6. The van der Waals surface area contributed by atoms with Crippen molar-refractivity contribution in [3.63, 3.8) is 0 Å². The highest BCUT2D eigenvalue weighted by molar-refractivity contribution is 6.15. The molecule has 5 aromatic carbocycles. The molecule has 58 heavy (non-hydrogen) atoms. The minimum atomic E-state index is -0.647. The molecule has 6 nitrogen and oxygen atoms in total. The third-order valence-electron chi connectivity index (χ3n) is 12.6. The van der Waals surface area contributed by atoms with E-state index < -0.39 is 5.41 Å². The zero-order valence-electron chi connectivity index (χ0n) is 31.9. The molecule has 1 aliphatic carbocycles. The van der Waals surface area contributed by atoms with Gasteiger partial charge in [0.05, 0.1) is 34.2 Å². The summed E-state index contributed by atoms with van der Waals surface area (Å²) in [7, 11) is 0. The molecule has 6 heteroatoms. The lowest BCUT2D eigenvalue weighted by Gasteiger charge is -2.37. The van der Waals surface area contributed by atoms with Crippen LogP contribution >= 0.6 is 0 Å². The minimum Gasteiger partial charge on any atom is -0.381 e. The molecule has 0 saturated heterocycles. The SMILES string of the molecule is CC1C=CC=C(C2(c3ccccn3)c3ccccc3-c3ccc4c(c32)c2ccccc2n4-c2ccc(-c3ccc(N4c5cccnc5C5N=CC=CC54)cc3)cc2)N1. The second-order valence-electron chi connectivity index (χ2n) is 15.6. The number of aliphatic imine (C=N–C) groups is 1. The van der Waals surface area contributed by atoms with Gasteiger partial charge in [0.2, 0.25) is 0 Å². The molecule has 0 amide bonds. The van der Waals surface area contributed by atoms with Crippen molar-refractivity contribution in [3.05, 3.63) is 211 Å². The predicted molar refractivity (Wildman–Crippen MR) is 236 cm³/mol. The highest BCUT2D eigenvalue weighted by Gasteiger charge is 2.51. The van der Waals surface area contributed by atoms with Crippen LogP contribution in [0.4, 0.5) is 11.4 Å². The molecule has 6 heterocycles. The molecule has 8 aromatic rings. The highest BCUT2D eigenvalue weighted by atomic mass is 15.2. The third-order valence-corrected chi connectivity index (χ3v) is 12.6. The molecule has 3 aliphatic heterocycles. The van der Waals surface area contributed by atoms with E-state index >= 15 is 0 Å². The molecular formula is C52H38N6. The van der Waals surface area contributed by atoms with Crippen LogP contribution in [0.15, 0.2) is 193 Å². The van der Waals surface area contributed by atoms with Crippen LogP contribution in [0.3, 0.4) is 0 Å². The molecule has 4 unspecified atom stereocenters. The summed E-state index contributed by atoms with van der Waals surface area (Å²) < 4.78 is 2.44. The normalized spacial score (nSPS) is 21.1. The Balaban J connectivity index is 0.996. The Kier molecular flexibility index (Phi) is 7.14. The van der Waals surface area contributed by atoms with Gasteiger partial charge in [-0.1, -0.05) is 97.1 Å². The molecule has 12 rings (SSSR count). The smallest absolute Gasteiger partial charge is 0.118 e. The Bertz CT molecular complexity index is 3060. The van der Waals surface area contributed by atoms with Crippen molar-refractivity contribution in [2.24, 2.45) is 4.99 Å². The zero-order chi connectivity index (χ0) is 38.4. The summed E-state index contributed by atoms with van der Waals surface area (Å²) in [4.78, 5) is 17.0. The lowest BCUT2D eigenvalue weighted by Crippen LogP contribution is -2.41. The molecular weight excluding hydrogens is 709 g/mol. The van der Waals surface area contributed by atoms with E-state index in [9.17, 15) is 0 Å². The van der Waals surface area contributed by atoms with Gasteiger partial charge in [-0.05, 0) is 113 Å². The number of nitrogens with one attached hydrogen (secondary N) is 1. The van der Waals surface area contributed by atoms with Gasteiger partial charge >= 0.3 is 0 Å². The standard InChI is InChI=1S/C52H38N6/c1-33-11-8-19-47(56-33)52(46-18-6-7-30-53-46)41-14-4-2-12-38(41)39-28-29-43-48(49(39)52)40-13-3-5-15-42(40)57(43)36-24-20-34(21-25-36)35-22-26-37(27-23-35)58-44-16-9-31-54-50(44)51-45(58)17-10-32-55-51/h2-33,44,50,56H,1H3. The highest BCUT2D eigenvalue weighted by Crippen LogP contribution is 2.59. The van der Waals surface area contributed by atoms with E-state index in [1.54, 1.807) is 0 Å². The number of para-hydroxylation sites is 1. The summed E-state index contributed by atoms with van der Waals surface area (Å²) in [6, 6.07) is 51.1. The third kappa shape index (κ3) is 4.57. The van der Waals surface area contributed by atoms with Gasteiger partial charge in [-0.3, -0.25) is 15.0 Å². The van der Waals surface area contributed by atoms with E-state index in [1.165, 1.54) is 55.2 Å². The fourth-order valence-electron chi connectivity index (χ4n) is 10.2. The first kappa shape index (κ1) is 32.9. The number of allylic oxidation sites excluding steroid dienone is 4. The van der Waals surface area contributed by atoms with Gasteiger partial charge in [-0.15, -0.1) is 0 Å². The van der Waals surface area contributed by atoms with E-state index in [0.29, 0.717) is 0 Å². The number of hydrogen-bond acceptors (Lipinski definition) is 5. The Morgan fingerprint density at radius 2 is 1.41 bits per heavy atom. The maximum absolute atomic E-state index is 5.15. The molecule has 0 radical (unpaired) electrons. The summed E-state index contributed by atoms with van der Waals surface area (Å²) in [5, 5.41) is 6.37. The molecule has 0 fully saturated rings. The van der Waals surface area contributed by atoms with Crippen molar-refractivity contribution < 1.29 is 0 Å². The van der Waals surface area contributed by atoms with Crippen LogP contribution in [0, 0.1) is 0 Å². The summed E-state index contributed by atoms with van der Waals surface area (Å²) in [6.07, 6.45) is 16.6. The Hall–Kier alpha value is -7.31. The van der Waals surface area contributed by atoms with Gasteiger partial charge in [0.25, 0.3) is 0 Å². The molecule has 0 bridgehead atoms. The van der Waals surface area contributed by atoms with Crippen molar-refractivity contribution in [1.82, 2.24) is 19.9 Å². The van der Waals surface area contributed by atoms with Crippen molar-refractivity contribution in [1.29, 1.82) is 0 Å². The number of hydrogen-bond donors (Lipinski definition) is 1. The predicted octanol–water partition coefficient (Wildman–Crippen LogP) is 11.2. The molecule has 3 aromatic heterocycles. The number of fused-ring (bicyclic) bond motifs is 10. The average molecular weight is 747 g/mol. The second-order valence-corrected chi connectivity index (χ2v) is 15.6. The van der Waals surface area contributed by atoms with Crippen molar-refractivity contribution in [3.8, 4) is 27.9 Å². The van der Waals surface area contributed by atoms with Crippen molar-refractivity contribution in [2.75, 3.05) is 4.90 Å². The van der Waals surface area contributed by atoms with E-state index in [-0.39, 0.29) is 18.1 Å². The van der Waals surface area contributed by atoms with Crippen LogP contribution in [-0.2, 0) is 5.41 Å². The van der Waals surface area contributed by atoms with Crippen LogP contribution in [0.25, 0.3) is 49.7 Å². The first-order chi connectivity index (χ1) is 28.7. The van der Waals surface area contributed by atoms with Gasteiger partial charge in [0, 0.05) is 52.5 Å². The molecule has 0 spiro atoms. The Morgan fingerprint density at radius 1 is 0.638 bits per heavy atom. The van der Waals surface area contributed by atoms with Gasteiger partial charge in [0.15, 0.2) is 0 Å². The average Bonchev–Trinajstić information content (AvgIpc) is 3.91. The topological polar surface area (TPSA) is 58.3 Å². The van der Waals surface area contributed by atoms with E-state index in [0.717, 1.165) is 34.1 Å². The van der Waals surface area contributed by atoms with Crippen molar-refractivity contribution >= 4 is 39.4 Å². The largest absolute Gasteiger partial charge is 0.381 e. The summed E-state index contributed by atoms with van der Waals surface area (Å²) >= 11 is 0. The molecule has 4 aliphatic rings. The number of rotatable bonds is 5. The molecule has 276 valence electrons. The number of benzene rings is 5. The number of aromatic nitrogens is 3. The molecule has 0 saturated carbocycles. The van der Waals surface area contributed by atoms with Crippen LogP contribution in [0.2, 0.25) is 0 Å². The number of dihydropyridines is 2. The number of nitrogens with zero attached hydrogens (tertiary/aromatic N) is 5. The molecule has 1 N–H and O–H groups in total. The maximum Gasteiger partial charge on any atom is 0.118 e. The van der Waals surface area contributed by atoms with Crippen LogP contribution in [0.1, 0.15) is 35.5 Å². The first-order valence-corrected chi connectivity index (χ1v) is 20.1. The van der Waals surface area contributed by atoms with Crippen LogP contribution < -0.4 is 10.2 Å². The summed E-state index contributed by atoms with van der Waals surface area (Å²) in [6.45, 7) is 2.21. The van der Waals surface area contributed by atoms with Gasteiger partial charge in [0.1, 0.15) is 11.5 Å². The van der Waals surface area contributed by atoms with Gasteiger partial charge < -0.3 is 14.8 Å². The summed E-state index contributed by atoms with van der Waals surface area (Å²) in [5.41, 5.74) is 15.6. The maximum atomic E-state index is 5.15. The molecule has 4 atom stereocenters. The monoisotopic (exact) mass is 746 g/mol. The Morgan fingerprint density at radius 3 is 2.24 bits per heavy atom. The lowest BCUT2D eigenvalue weighted by molar-refractivity contribution is 0.594. The zero-order valence-corrected chi connectivity index (χ0v) is 31.9. The minimum absolute atomic E-state index is 0.0129. The van der Waals surface area contributed by atoms with E-state index in [4.69, 9.17) is 15.0 Å². The van der Waals surface area contributed by atoms with Crippen molar-refractivity contribution in [2.45, 2.75) is 30.5 Å². The van der Waals surface area contributed by atoms with E-state index in [1.807, 2.05) is 36.8 Å². The summed E-state index contributed by atoms with van der Waals surface area (Å²) in [5.74, 6) is 0. The quantitative estimate of drug-likeness (QED) is 0.191. The van der Waals surface area contributed by atoms with E-state index in [2.05, 4.69) is 173 Å². The van der Waals surface area contributed by atoms with Gasteiger partial charge in [-0.25, -0.2) is 0 Å². The van der Waals surface area contributed by atoms with Crippen LogP contribution in [-0.4, -0.2) is 32.8 Å². The van der Waals surface area contributed by atoms with Crippen LogP contribution in [0.5, 0.6) is 0 Å². The van der Waals surface area contributed by atoms with Gasteiger partial charge in [-0.2, -0.15) is 0 Å². The number of anilines is 2. The lowest BCUT2D eigenvalue weighted by atomic mass is 9.70. The fourth-order valence-corrected chi connectivity index (χ4v) is 10.2. The fraction of sp³-hybridized carbons (Fsp3) is 0.0962. The first-order valence-electron chi connectivity index (χ1n) is 20.1.